The third-order valence-electron chi connectivity index (χ3n) is 2.21. The van der Waals surface area contributed by atoms with Crippen molar-refractivity contribution in [2.75, 3.05) is 5.73 Å². The molecule has 4 N–H and O–H groups in total. The fourth-order valence-corrected chi connectivity index (χ4v) is 1.90. The zero-order chi connectivity index (χ0) is 13.3. The quantitative estimate of drug-likeness (QED) is 0.407. The van der Waals surface area contributed by atoms with Gasteiger partial charge in [-0.05, 0) is 12.1 Å². The van der Waals surface area contributed by atoms with Gasteiger partial charge in [-0.15, -0.1) is 0 Å². The van der Waals surface area contributed by atoms with E-state index in [0.717, 1.165) is 0 Å². The van der Waals surface area contributed by atoms with Gasteiger partial charge in [0.05, 0.1) is 10.6 Å². The van der Waals surface area contributed by atoms with Crippen LogP contribution < -0.4 is 40.9 Å². The second-order valence-corrected chi connectivity index (χ2v) is 4.94. The molecule has 0 aliphatic heterocycles. The first-order valence-electron chi connectivity index (χ1n) is 4.81. The Balaban J connectivity index is 0.00000180. The molecule has 19 heavy (non-hydrogen) atoms. The molecule has 94 valence electrons. The topological polar surface area (TPSA) is 126 Å². The summed E-state index contributed by atoms with van der Waals surface area (Å²) in [6, 6.07) is 6.50. The molecule has 0 spiro atoms. The summed E-state index contributed by atoms with van der Waals surface area (Å²) in [6.07, 6.45) is 0. The molecule has 0 unspecified atom stereocenters. The molecule has 0 bridgehead atoms. The van der Waals surface area contributed by atoms with Crippen LogP contribution in [0.2, 0.25) is 0 Å². The summed E-state index contributed by atoms with van der Waals surface area (Å²) < 4.78 is 30.5. The average Bonchev–Trinajstić information content (AvgIpc) is 2.27. The van der Waals surface area contributed by atoms with Crippen molar-refractivity contribution in [3.05, 3.63) is 40.7 Å². The van der Waals surface area contributed by atoms with Crippen molar-refractivity contribution in [3.8, 4) is 11.3 Å². The van der Waals surface area contributed by atoms with Gasteiger partial charge in [-0.2, -0.15) is 8.42 Å². The maximum Gasteiger partial charge on any atom is 1.00 e. The number of rotatable bonds is 2. The Hall–Kier alpha value is -1.19. The molecule has 9 heteroatoms. The van der Waals surface area contributed by atoms with E-state index in [9.17, 15) is 13.2 Å². The number of hydrogen-bond acceptors (Lipinski definition) is 5. The van der Waals surface area contributed by atoms with Crippen LogP contribution in [0.25, 0.3) is 11.3 Å². The molecule has 1 aromatic carbocycles. The minimum atomic E-state index is -4.23. The minimum Gasteiger partial charge on any atom is -0.369 e. The van der Waals surface area contributed by atoms with E-state index in [0.29, 0.717) is 11.3 Å². The third kappa shape index (κ3) is 3.88. The summed E-state index contributed by atoms with van der Waals surface area (Å²) >= 11 is 0. The van der Waals surface area contributed by atoms with Crippen molar-refractivity contribution < 1.29 is 42.5 Å². The van der Waals surface area contributed by atoms with Gasteiger partial charge < -0.3 is 5.73 Å². The molecule has 7 nitrogen and oxygen atoms in total. The molecule has 0 amide bonds. The Bertz CT molecular complexity index is 740. The molecule has 0 saturated heterocycles. The van der Waals surface area contributed by atoms with Crippen LogP contribution in [-0.2, 0) is 10.1 Å². The van der Waals surface area contributed by atoms with Crippen molar-refractivity contribution >= 4 is 16.1 Å². The fraction of sp³-hybridized carbons (Fsp3) is 0. The predicted octanol–water partition coefficient (Wildman–Crippen LogP) is -2.73. The monoisotopic (exact) mass is 290 g/mol. The summed E-state index contributed by atoms with van der Waals surface area (Å²) in [5.41, 5.74) is 5.82. The zero-order valence-electron chi connectivity index (χ0n) is 9.99. The van der Waals surface area contributed by atoms with Gasteiger partial charge in [-0.3, -0.25) is 14.3 Å². The third-order valence-corrected chi connectivity index (χ3v) is 3.08. The molecular formula is C10H9N3NaO4S+. The molecule has 2 rings (SSSR count). The summed E-state index contributed by atoms with van der Waals surface area (Å²) in [7, 11) is -4.23. The van der Waals surface area contributed by atoms with Crippen LogP contribution in [0, 0.1) is 0 Å². The molecule has 0 aliphatic rings. The van der Waals surface area contributed by atoms with E-state index in [1.165, 1.54) is 30.3 Å². The van der Waals surface area contributed by atoms with Gasteiger partial charge in [-0.1, -0.05) is 12.1 Å². The van der Waals surface area contributed by atoms with Crippen LogP contribution in [0.5, 0.6) is 0 Å². The van der Waals surface area contributed by atoms with E-state index in [2.05, 4.69) is 9.97 Å². The van der Waals surface area contributed by atoms with Crippen molar-refractivity contribution in [3.63, 3.8) is 0 Å². The Morgan fingerprint density at radius 3 is 2.26 bits per heavy atom. The zero-order valence-corrected chi connectivity index (χ0v) is 12.8. The summed E-state index contributed by atoms with van der Waals surface area (Å²) in [4.78, 5) is 17.2. The van der Waals surface area contributed by atoms with Crippen LogP contribution in [0.4, 0.5) is 5.95 Å². The number of H-pyrrole nitrogens is 1. The Kier molecular flexibility index (Phi) is 4.88. The van der Waals surface area contributed by atoms with Crippen LogP contribution >= 0.6 is 0 Å². The molecule has 0 aliphatic carbocycles. The number of aromatic nitrogens is 2. The number of nitrogens with two attached hydrogens (primary N) is 1. The van der Waals surface area contributed by atoms with E-state index in [1.807, 2.05) is 0 Å². The van der Waals surface area contributed by atoms with Crippen LogP contribution in [-0.4, -0.2) is 22.9 Å². The molecular weight excluding hydrogens is 281 g/mol. The number of aromatic amines is 1. The largest absolute Gasteiger partial charge is 1.00 e. The standard InChI is InChI=1S/C10H9N3O4S.Na/c11-10-12-8(5-9(14)13-10)6-1-3-7(4-2-6)18(15,16)17;/h1-5H,(H,15,16,17)(H3,11,12,13,14);/q;+1. The molecule has 0 radical (unpaired) electrons. The first kappa shape index (κ1) is 15.9. The summed E-state index contributed by atoms with van der Waals surface area (Å²) in [5, 5.41) is 0. The molecule has 1 aromatic heterocycles. The molecule has 1 heterocycles. The van der Waals surface area contributed by atoms with E-state index in [1.54, 1.807) is 0 Å². The van der Waals surface area contributed by atoms with Crippen LogP contribution in [0.3, 0.4) is 0 Å². The van der Waals surface area contributed by atoms with Crippen LogP contribution in [0.15, 0.2) is 40.0 Å². The molecule has 0 atom stereocenters. The van der Waals surface area contributed by atoms with Crippen molar-refractivity contribution in [2.24, 2.45) is 0 Å². The first-order valence-corrected chi connectivity index (χ1v) is 6.25. The summed E-state index contributed by atoms with van der Waals surface area (Å²) in [6.45, 7) is 0. The van der Waals surface area contributed by atoms with Gasteiger partial charge in [0.25, 0.3) is 15.7 Å². The average molecular weight is 290 g/mol. The Morgan fingerprint density at radius 2 is 1.79 bits per heavy atom. The second kappa shape index (κ2) is 5.85. The number of nitrogen functional groups attached to an aromatic ring is 1. The normalized spacial score (nSPS) is 10.8. The molecule has 2 aromatic rings. The Labute approximate surface area is 130 Å². The maximum absolute atomic E-state index is 11.2. The van der Waals surface area contributed by atoms with Crippen molar-refractivity contribution in [2.45, 2.75) is 4.90 Å². The maximum atomic E-state index is 11.2. The van der Waals surface area contributed by atoms with E-state index < -0.39 is 15.7 Å². The van der Waals surface area contributed by atoms with Crippen LogP contribution in [0.1, 0.15) is 0 Å². The van der Waals surface area contributed by atoms with Gasteiger partial charge in [0.1, 0.15) is 0 Å². The van der Waals surface area contributed by atoms with Crippen molar-refractivity contribution in [1.82, 2.24) is 9.97 Å². The van der Waals surface area contributed by atoms with Gasteiger partial charge in [0.2, 0.25) is 5.95 Å². The van der Waals surface area contributed by atoms with Crippen molar-refractivity contribution in [1.29, 1.82) is 0 Å². The Morgan fingerprint density at radius 1 is 1.21 bits per heavy atom. The summed E-state index contributed by atoms with van der Waals surface area (Å²) in [5.74, 6) is -0.0312. The first-order chi connectivity index (χ1) is 8.36. The fourth-order valence-electron chi connectivity index (χ4n) is 1.42. The predicted molar refractivity (Wildman–Crippen MR) is 64.5 cm³/mol. The number of hydrogen-bond donors (Lipinski definition) is 3. The van der Waals surface area contributed by atoms with Gasteiger partial charge in [0.15, 0.2) is 0 Å². The molecule has 0 saturated carbocycles. The SMILES string of the molecule is Nc1nc(-c2ccc(S(=O)(=O)O)cc2)cc(=O)[nH]1.[Na+]. The van der Waals surface area contributed by atoms with Gasteiger partial charge in [-0.25, -0.2) is 4.98 Å². The second-order valence-electron chi connectivity index (χ2n) is 3.52. The van der Waals surface area contributed by atoms with Gasteiger partial charge in [0, 0.05) is 11.6 Å². The number of nitrogens with one attached hydrogen (secondary N) is 1. The van der Waals surface area contributed by atoms with Gasteiger partial charge >= 0.3 is 29.6 Å². The van der Waals surface area contributed by atoms with E-state index >= 15 is 0 Å². The number of benzene rings is 1. The van der Waals surface area contributed by atoms with E-state index in [4.69, 9.17) is 10.3 Å². The minimum absolute atomic E-state index is 0. The van der Waals surface area contributed by atoms with E-state index in [-0.39, 0.29) is 40.4 Å². The number of anilines is 1. The molecule has 0 fully saturated rings. The number of nitrogens with zero attached hydrogens (tertiary/aromatic N) is 1. The smallest absolute Gasteiger partial charge is 0.369 e.